The topological polar surface area (TPSA) is 158 Å². The molecule has 0 saturated heterocycles. The maximum Gasteiger partial charge on any atom is 0.258 e. The van der Waals surface area contributed by atoms with Gasteiger partial charge < -0.3 is 40.8 Å². The molecule has 43 heavy (non-hydrogen) atoms. The Morgan fingerprint density at radius 2 is 1.37 bits per heavy atom. The molecule has 5 N–H and O–H groups in total. The molecule has 0 aliphatic rings. The summed E-state index contributed by atoms with van der Waals surface area (Å²) in [5.41, 5.74) is -0.892. The van der Waals surface area contributed by atoms with Crippen LogP contribution in [-0.4, -0.2) is 80.1 Å². The summed E-state index contributed by atoms with van der Waals surface area (Å²) >= 11 is 0. The Hall–Kier alpha value is -3.83. The Labute approximate surface area is 253 Å². The van der Waals surface area contributed by atoms with Gasteiger partial charge in [-0.05, 0) is 63.8 Å². The van der Waals surface area contributed by atoms with E-state index in [1.165, 1.54) is 13.1 Å². The fourth-order valence-corrected chi connectivity index (χ4v) is 5.05. The van der Waals surface area contributed by atoms with Gasteiger partial charge in [-0.1, -0.05) is 66.7 Å². The lowest BCUT2D eigenvalue weighted by Gasteiger charge is -2.45. The number of nitrogens with zero attached hydrogens (tertiary/aromatic N) is 2. The van der Waals surface area contributed by atoms with Crippen molar-refractivity contribution < 1.29 is 30.0 Å². The summed E-state index contributed by atoms with van der Waals surface area (Å²) in [7, 11) is 0. The number of hydrogen-bond acceptors (Lipinski definition) is 8. The smallest absolute Gasteiger partial charge is 0.258 e. The van der Waals surface area contributed by atoms with Gasteiger partial charge in [0, 0.05) is 24.8 Å². The number of rotatable bonds is 14. The van der Waals surface area contributed by atoms with Gasteiger partial charge in [-0.25, -0.2) is 0 Å². The van der Waals surface area contributed by atoms with Crippen molar-refractivity contribution in [1.29, 1.82) is 0 Å². The fraction of sp³-hybridized carbons (Fsp3) is 0.424. The van der Waals surface area contributed by atoms with Crippen LogP contribution in [0.4, 0.5) is 4.79 Å². The van der Waals surface area contributed by atoms with Crippen molar-refractivity contribution in [2.45, 2.75) is 76.0 Å². The van der Waals surface area contributed by atoms with Crippen molar-refractivity contribution in [3.63, 3.8) is 0 Å². The van der Waals surface area contributed by atoms with E-state index < -0.39 is 47.4 Å². The number of carbonyl (C=O) groups is 2. The molecule has 2 aromatic carbocycles. The van der Waals surface area contributed by atoms with Gasteiger partial charge in [0.2, 0.25) is 0 Å². The zero-order valence-corrected chi connectivity index (χ0v) is 25.2. The van der Waals surface area contributed by atoms with Crippen molar-refractivity contribution in [3.8, 4) is 0 Å². The van der Waals surface area contributed by atoms with E-state index in [1.54, 1.807) is 39.0 Å². The molecular weight excluding hydrogens is 548 g/mol. The number of aliphatic hydroxyl groups excluding tert-OH is 2. The predicted molar refractivity (Wildman–Crippen MR) is 162 cm³/mol. The molecule has 0 aliphatic carbocycles. The van der Waals surface area contributed by atoms with Gasteiger partial charge in [0.05, 0.1) is 30.0 Å². The third-order valence-electron chi connectivity index (χ3n) is 7.38. The van der Waals surface area contributed by atoms with E-state index in [0.29, 0.717) is 0 Å². The second-order valence-electron chi connectivity index (χ2n) is 11.9. The first-order valence-electron chi connectivity index (χ1n) is 14.4. The molecule has 1 heterocycles. The van der Waals surface area contributed by atoms with E-state index in [0.717, 1.165) is 16.0 Å². The number of aromatic nitrogens is 1. The molecule has 0 saturated carbocycles. The largest absolute Gasteiger partial charge is 0.530 e. The summed E-state index contributed by atoms with van der Waals surface area (Å²) in [5.74, 6) is -0.719. The first-order chi connectivity index (χ1) is 20.3. The fourth-order valence-electron chi connectivity index (χ4n) is 5.05. The monoisotopic (exact) mass is 591 g/mol. The summed E-state index contributed by atoms with van der Waals surface area (Å²) in [5, 5.41) is 51.4. The summed E-state index contributed by atoms with van der Waals surface area (Å²) < 4.78 is 0. The van der Waals surface area contributed by atoms with Crippen molar-refractivity contribution >= 4 is 12.0 Å². The summed E-state index contributed by atoms with van der Waals surface area (Å²) in [4.78, 5) is 30.7. The molecule has 3 rings (SSSR count). The zero-order valence-electron chi connectivity index (χ0n) is 25.2. The van der Waals surface area contributed by atoms with Crippen LogP contribution in [0.25, 0.3) is 0 Å². The zero-order chi connectivity index (χ0) is 31.6. The van der Waals surface area contributed by atoms with Gasteiger partial charge in [0.1, 0.15) is 6.09 Å². The van der Waals surface area contributed by atoms with Crippen LogP contribution >= 0.6 is 0 Å². The van der Waals surface area contributed by atoms with Crippen LogP contribution in [0.3, 0.4) is 0 Å². The van der Waals surface area contributed by atoms with E-state index >= 15 is 0 Å². The highest BCUT2D eigenvalue weighted by atomic mass is 16.4. The van der Waals surface area contributed by atoms with Gasteiger partial charge in [0.15, 0.2) is 5.60 Å². The van der Waals surface area contributed by atoms with Gasteiger partial charge in [-0.15, -0.1) is 0 Å². The molecular formula is C33H43N4O6-. The summed E-state index contributed by atoms with van der Waals surface area (Å²) in [6, 6.07) is 21.9. The number of carboxylic acid groups (broad SMARTS) is 1. The van der Waals surface area contributed by atoms with Crippen LogP contribution in [0.1, 0.15) is 44.5 Å². The van der Waals surface area contributed by atoms with Crippen molar-refractivity contribution in [2.24, 2.45) is 0 Å². The van der Waals surface area contributed by atoms with Gasteiger partial charge in [-0.3, -0.25) is 9.78 Å². The van der Waals surface area contributed by atoms with Gasteiger partial charge >= 0.3 is 0 Å². The Kier molecular flexibility index (Phi) is 11.8. The average molecular weight is 592 g/mol. The first kappa shape index (κ1) is 33.7. The van der Waals surface area contributed by atoms with Crippen LogP contribution in [-0.2, 0) is 23.2 Å². The Morgan fingerprint density at radius 3 is 1.88 bits per heavy atom. The number of aliphatic hydroxyl groups is 3. The molecule has 5 atom stereocenters. The molecule has 0 bridgehead atoms. The molecule has 232 valence electrons. The molecule has 1 aromatic heterocycles. The predicted octanol–water partition coefficient (Wildman–Crippen LogP) is 1.38. The second-order valence-corrected chi connectivity index (χ2v) is 11.9. The number of pyridine rings is 1. The lowest BCUT2D eigenvalue weighted by atomic mass is 9.94. The minimum Gasteiger partial charge on any atom is -0.530 e. The molecule has 10 nitrogen and oxygen atoms in total. The lowest BCUT2D eigenvalue weighted by molar-refractivity contribution is -0.275. The van der Waals surface area contributed by atoms with E-state index in [1.807, 2.05) is 60.7 Å². The standard InChI is InChI=1S/C33H44N4O6/c1-32(2,3)37(31(41)42)26(20-24-15-9-6-10-16-24)28(39)22-34-21-27(38)25(19-23-13-7-5-8-14-23)36-30(40)33(4,43)29-17-11-12-18-35-29/h5-18,25-28,34,38-39,43H,19-22H2,1-4H3,(H,36,40)(H,41,42)/p-1/t25-,26-,27+,28+,33?/m0/s1. The molecule has 0 fully saturated rings. The number of carbonyl (C=O) groups excluding carboxylic acids is 2. The van der Waals surface area contributed by atoms with Crippen molar-refractivity contribution in [1.82, 2.24) is 20.5 Å². The Bertz CT molecular complexity index is 1290. The second kappa shape index (κ2) is 15.1. The molecule has 0 radical (unpaired) electrons. The molecule has 1 unspecified atom stereocenters. The maximum absolute atomic E-state index is 13.2. The maximum atomic E-state index is 13.2. The Morgan fingerprint density at radius 1 is 0.837 bits per heavy atom. The number of hydrogen-bond donors (Lipinski definition) is 5. The number of benzene rings is 2. The van der Waals surface area contributed by atoms with Gasteiger partial charge in [0.25, 0.3) is 5.91 Å². The minimum atomic E-state index is -1.94. The summed E-state index contributed by atoms with van der Waals surface area (Å²) in [6.07, 6.45) is -1.64. The van der Waals surface area contributed by atoms with E-state index in [-0.39, 0.29) is 31.6 Å². The molecule has 3 aromatic rings. The van der Waals surface area contributed by atoms with Crippen LogP contribution in [0.2, 0.25) is 0 Å². The minimum absolute atomic E-state index is 0.0283. The molecule has 2 amide bonds. The van der Waals surface area contributed by atoms with Crippen LogP contribution in [0, 0.1) is 0 Å². The molecule has 0 spiro atoms. The summed E-state index contributed by atoms with van der Waals surface area (Å²) in [6.45, 7) is 6.49. The molecule has 10 heteroatoms. The van der Waals surface area contributed by atoms with E-state index in [9.17, 15) is 30.0 Å². The first-order valence-corrected chi connectivity index (χ1v) is 14.4. The van der Waals surface area contributed by atoms with Crippen molar-refractivity contribution in [3.05, 3.63) is 102 Å². The lowest BCUT2D eigenvalue weighted by Crippen LogP contribution is -2.62. The highest BCUT2D eigenvalue weighted by molar-refractivity contribution is 5.85. The number of nitrogens with one attached hydrogen (secondary N) is 2. The van der Waals surface area contributed by atoms with Crippen molar-refractivity contribution in [2.75, 3.05) is 13.1 Å². The quantitative estimate of drug-likeness (QED) is 0.188. The molecule has 0 aliphatic heterocycles. The van der Waals surface area contributed by atoms with Crippen LogP contribution in [0.5, 0.6) is 0 Å². The van der Waals surface area contributed by atoms with Gasteiger partial charge in [-0.2, -0.15) is 0 Å². The van der Waals surface area contributed by atoms with E-state index in [2.05, 4.69) is 15.6 Å². The SMILES string of the molecule is CC(O)(C(=O)N[C@@H](Cc1ccccc1)[C@H](O)CNC[C@@H](O)[C@H](Cc1ccccc1)N(C(=O)[O-])C(C)(C)C)c1ccccn1. The highest BCUT2D eigenvalue weighted by Crippen LogP contribution is 2.23. The Balaban J connectivity index is 1.74. The third-order valence-corrected chi connectivity index (χ3v) is 7.38. The van der Waals surface area contributed by atoms with Crippen LogP contribution < -0.4 is 15.7 Å². The highest BCUT2D eigenvalue weighted by Gasteiger charge is 2.37. The normalized spacial score (nSPS) is 15.9. The third kappa shape index (κ3) is 9.59. The average Bonchev–Trinajstić information content (AvgIpc) is 2.97. The van der Waals surface area contributed by atoms with E-state index in [4.69, 9.17) is 0 Å². The number of amides is 2. The van der Waals surface area contributed by atoms with Crippen LogP contribution in [0.15, 0.2) is 85.1 Å².